The third-order valence-electron chi connectivity index (χ3n) is 3.27. The van der Waals surface area contributed by atoms with Crippen LogP contribution < -0.4 is 5.32 Å². The van der Waals surface area contributed by atoms with Crippen LogP contribution in [0.3, 0.4) is 0 Å². The van der Waals surface area contributed by atoms with Gasteiger partial charge in [0, 0.05) is 57.9 Å². The Morgan fingerprint density at radius 3 is 2.42 bits per heavy atom. The second kappa shape index (κ2) is 8.43. The van der Waals surface area contributed by atoms with E-state index in [2.05, 4.69) is 16.5 Å². The Hall–Kier alpha value is -0.750. The van der Waals surface area contributed by atoms with E-state index in [1.165, 1.54) is 6.92 Å². The van der Waals surface area contributed by atoms with Gasteiger partial charge in [-0.25, -0.2) is 0 Å². The Bertz CT molecular complexity index is 304. The zero-order valence-electron chi connectivity index (χ0n) is 12.1. The highest BCUT2D eigenvalue weighted by Crippen LogP contribution is 2.06. The van der Waals surface area contributed by atoms with Crippen LogP contribution in [0.5, 0.6) is 0 Å². The van der Waals surface area contributed by atoms with E-state index in [0.717, 1.165) is 38.5 Å². The zero-order chi connectivity index (χ0) is 14.3. The summed E-state index contributed by atoms with van der Waals surface area (Å²) >= 11 is 1.85. The monoisotopic (exact) mass is 287 g/mol. The molecule has 19 heavy (non-hydrogen) atoms. The van der Waals surface area contributed by atoms with Crippen LogP contribution in [0.2, 0.25) is 0 Å². The number of piperazine rings is 1. The van der Waals surface area contributed by atoms with Crippen molar-refractivity contribution in [2.75, 3.05) is 44.7 Å². The minimum absolute atomic E-state index is 0.0813. The molecule has 1 heterocycles. The zero-order valence-corrected chi connectivity index (χ0v) is 13.0. The molecule has 0 spiro atoms. The number of amides is 2. The second-order valence-corrected chi connectivity index (χ2v) is 6.01. The molecule has 1 fully saturated rings. The van der Waals surface area contributed by atoms with Gasteiger partial charge in [0.05, 0.1) is 0 Å². The molecule has 0 aromatic carbocycles. The third-order valence-corrected chi connectivity index (χ3v) is 3.86. The van der Waals surface area contributed by atoms with Crippen molar-refractivity contribution in [3.05, 3.63) is 0 Å². The summed E-state index contributed by atoms with van der Waals surface area (Å²) in [4.78, 5) is 27.3. The van der Waals surface area contributed by atoms with E-state index >= 15 is 0 Å². The first kappa shape index (κ1) is 16.3. The molecule has 0 radical (unpaired) electrons. The lowest BCUT2D eigenvalue weighted by molar-refractivity contribution is -0.133. The maximum atomic E-state index is 12.1. The van der Waals surface area contributed by atoms with Gasteiger partial charge in [0.1, 0.15) is 0 Å². The first-order valence-corrected chi connectivity index (χ1v) is 8.18. The second-order valence-electron chi connectivity index (χ2n) is 5.02. The van der Waals surface area contributed by atoms with E-state index in [4.69, 9.17) is 0 Å². The molecule has 1 saturated heterocycles. The largest absolute Gasteiger partial charge is 0.353 e. The number of nitrogens with zero attached hydrogens (tertiary/aromatic N) is 2. The van der Waals surface area contributed by atoms with E-state index in [0.29, 0.717) is 6.42 Å². The summed E-state index contributed by atoms with van der Waals surface area (Å²) in [6.45, 7) is 7.98. The molecule has 0 aliphatic carbocycles. The van der Waals surface area contributed by atoms with Gasteiger partial charge in [-0.15, -0.1) is 0 Å². The van der Waals surface area contributed by atoms with E-state index in [1.54, 1.807) is 0 Å². The molecule has 5 nitrogen and oxygen atoms in total. The molecule has 6 heteroatoms. The first-order chi connectivity index (χ1) is 9.02. The molecule has 1 N–H and O–H groups in total. The van der Waals surface area contributed by atoms with Gasteiger partial charge in [-0.3, -0.25) is 14.5 Å². The van der Waals surface area contributed by atoms with Crippen LogP contribution in [-0.2, 0) is 9.59 Å². The molecule has 110 valence electrons. The minimum Gasteiger partial charge on any atom is -0.353 e. The smallest absolute Gasteiger partial charge is 0.224 e. The van der Waals surface area contributed by atoms with Crippen LogP contribution in [-0.4, -0.2) is 72.4 Å². The molecule has 0 saturated carbocycles. The fourth-order valence-corrected chi connectivity index (χ4v) is 2.67. The summed E-state index contributed by atoms with van der Waals surface area (Å²) in [7, 11) is 0. The van der Waals surface area contributed by atoms with Crippen molar-refractivity contribution < 1.29 is 9.59 Å². The van der Waals surface area contributed by atoms with Crippen LogP contribution >= 0.6 is 11.8 Å². The molecular formula is C13H25N3O2S. The lowest BCUT2D eigenvalue weighted by Gasteiger charge is -2.35. The Morgan fingerprint density at radius 1 is 1.26 bits per heavy atom. The lowest BCUT2D eigenvalue weighted by atomic mass is 10.2. The fraction of sp³-hybridized carbons (Fsp3) is 0.846. The predicted octanol–water partition coefficient (Wildman–Crippen LogP) is 0.408. The summed E-state index contributed by atoms with van der Waals surface area (Å²) in [5.41, 5.74) is 0. The molecule has 1 aliphatic heterocycles. The van der Waals surface area contributed by atoms with Gasteiger partial charge in [-0.05, 0) is 13.2 Å². The molecule has 0 bridgehead atoms. The highest BCUT2D eigenvalue weighted by Gasteiger charge is 2.22. The SMILES string of the molecule is CSCCN1CCN(C(=O)CC(C)NC(C)=O)CC1. The van der Waals surface area contributed by atoms with Crippen molar-refractivity contribution in [2.45, 2.75) is 26.3 Å². The number of carbonyl (C=O) groups is 2. The van der Waals surface area contributed by atoms with Crippen LogP contribution in [0.4, 0.5) is 0 Å². The molecule has 0 aromatic heterocycles. The molecule has 1 rings (SSSR count). The van der Waals surface area contributed by atoms with Gasteiger partial charge in [0.15, 0.2) is 0 Å². The Kier molecular flexibility index (Phi) is 7.23. The van der Waals surface area contributed by atoms with E-state index in [1.807, 2.05) is 23.6 Å². The Labute approximate surface area is 120 Å². The molecular weight excluding hydrogens is 262 g/mol. The molecule has 1 aliphatic rings. The fourth-order valence-electron chi connectivity index (χ4n) is 2.23. The van der Waals surface area contributed by atoms with Gasteiger partial charge in [-0.1, -0.05) is 0 Å². The molecule has 0 aromatic rings. The number of carbonyl (C=O) groups excluding carboxylic acids is 2. The third kappa shape index (κ3) is 6.29. The van der Waals surface area contributed by atoms with Crippen molar-refractivity contribution in [3.63, 3.8) is 0 Å². The number of thioether (sulfide) groups is 1. The summed E-state index contributed by atoms with van der Waals surface area (Å²) in [5.74, 6) is 1.21. The highest BCUT2D eigenvalue weighted by atomic mass is 32.2. The first-order valence-electron chi connectivity index (χ1n) is 6.79. The normalized spacial score (nSPS) is 18.2. The summed E-state index contributed by atoms with van der Waals surface area (Å²) in [6.07, 6.45) is 2.51. The highest BCUT2D eigenvalue weighted by molar-refractivity contribution is 7.98. The van der Waals surface area contributed by atoms with Crippen molar-refractivity contribution >= 4 is 23.6 Å². The predicted molar refractivity (Wildman–Crippen MR) is 79.3 cm³/mol. The molecule has 2 amide bonds. The number of rotatable bonds is 6. The summed E-state index contributed by atoms with van der Waals surface area (Å²) in [6, 6.07) is -0.0838. The van der Waals surface area contributed by atoms with E-state index in [-0.39, 0.29) is 17.9 Å². The van der Waals surface area contributed by atoms with Crippen LogP contribution in [0, 0.1) is 0 Å². The van der Waals surface area contributed by atoms with Gasteiger partial charge in [-0.2, -0.15) is 11.8 Å². The average Bonchev–Trinajstić information content (AvgIpc) is 2.35. The number of nitrogens with one attached hydrogen (secondary N) is 1. The maximum absolute atomic E-state index is 12.1. The van der Waals surface area contributed by atoms with Crippen molar-refractivity contribution in [1.29, 1.82) is 0 Å². The topological polar surface area (TPSA) is 52.6 Å². The van der Waals surface area contributed by atoms with Crippen molar-refractivity contribution in [2.24, 2.45) is 0 Å². The summed E-state index contributed by atoms with van der Waals surface area (Å²) < 4.78 is 0. The van der Waals surface area contributed by atoms with E-state index < -0.39 is 0 Å². The number of hydrogen-bond acceptors (Lipinski definition) is 4. The van der Waals surface area contributed by atoms with Crippen molar-refractivity contribution in [1.82, 2.24) is 15.1 Å². The minimum atomic E-state index is -0.0838. The van der Waals surface area contributed by atoms with Gasteiger partial charge >= 0.3 is 0 Å². The van der Waals surface area contributed by atoms with Crippen molar-refractivity contribution in [3.8, 4) is 0 Å². The maximum Gasteiger partial charge on any atom is 0.224 e. The van der Waals surface area contributed by atoms with Gasteiger partial charge < -0.3 is 10.2 Å². The number of hydrogen-bond donors (Lipinski definition) is 1. The van der Waals surface area contributed by atoms with Crippen LogP contribution in [0.25, 0.3) is 0 Å². The van der Waals surface area contributed by atoms with Crippen LogP contribution in [0.15, 0.2) is 0 Å². The molecule has 1 unspecified atom stereocenters. The molecule has 1 atom stereocenters. The van der Waals surface area contributed by atoms with Crippen LogP contribution in [0.1, 0.15) is 20.3 Å². The van der Waals surface area contributed by atoms with Gasteiger partial charge in [0.2, 0.25) is 11.8 Å². The van der Waals surface area contributed by atoms with E-state index in [9.17, 15) is 9.59 Å². The quantitative estimate of drug-likeness (QED) is 0.769. The average molecular weight is 287 g/mol. The lowest BCUT2D eigenvalue weighted by Crippen LogP contribution is -2.50. The summed E-state index contributed by atoms with van der Waals surface area (Å²) in [5, 5.41) is 2.75. The standard InChI is InChI=1S/C13H25N3O2S/c1-11(14-12(2)17)10-13(18)16-6-4-15(5-7-16)8-9-19-3/h11H,4-10H2,1-3H3,(H,14,17). The Balaban J connectivity index is 2.26. The van der Waals surface area contributed by atoms with Gasteiger partial charge in [0.25, 0.3) is 0 Å². The Morgan fingerprint density at radius 2 is 1.89 bits per heavy atom.